The molecule has 0 fully saturated rings. The fourth-order valence-electron chi connectivity index (χ4n) is 3.19. The van der Waals surface area contributed by atoms with Crippen LogP contribution in [-0.2, 0) is 13.0 Å². The van der Waals surface area contributed by atoms with Gasteiger partial charge in [-0.1, -0.05) is 51.3 Å². The van der Waals surface area contributed by atoms with Crippen molar-refractivity contribution in [2.45, 2.75) is 58.9 Å². The number of hydrogen-bond donors (Lipinski definition) is 1. The van der Waals surface area contributed by atoms with E-state index in [0.717, 1.165) is 47.1 Å². The van der Waals surface area contributed by atoms with Crippen molar-refractivity contribution in [2.75, 3.05) is 5.73 Å². The van der Waals surface area contributed by atoms with Crippen LogP contribution >= 0.6 is 0 Å². The first-order valence-corrected chi connectivity index (χ1v) is 8.79. The molecule has 3 rings (SSSR count). The highest BCUT2D eigenvalue weighted by molar-refractivity contribution is 6.06. The Bertz CT molecular complexity index is 804. The third kappa shape index (κ3) is 3.03. The molecular formula is C19H26N4. The molecule has 0 unspecified atom stereocenters. The maximum atomic E-state index is 6.20. The predicted molar refractivity (Wildman–Crippen MR) is 97.6 cm³/mol. The number of benzene rings is 1. The van der Waals surface area contributed by atoms with Crippen molar-refractivity contribution in [3.8, 4) is 0 Å². The zero-order chi connectivity index (χ0) is 16.2. The Morgan fingerprint density at radius 2 is 1.78 bits per heavy atom. The maximum Gasteiger partial charge on any atom is 0.152 e. The number of aryl methyl sites for hydroxylation is 2. The Hall–Kier alpha value is -2.10. The zero-order valence-electron chi connectivity index (χ0n) is 14.2. The molecule has 3 aromatic rings. The number of fused-ring (bicyclic) bond motifs is 3. The third-order valence-corrected chi connectivity index (χ3v) is 4.43. The van der Waals surface area contributed by atoms with E-state index in [1.54, 1.807) is 0 Å². The van der Waals surface area contributed by atoms with Crippen LogP contribution in [0.5, 0.6) is 0 Å². The van der Waals surface area contributed by atoms with Gasteiger partial charge in [0.05, 0.1) is 11.0 Å². The average molecular weight is 310 g/mol. The van der Waals surface area contributed by atoms with Crippen LogP contribution in [0.1, 0.15) is 51.8 Å². The van der Waals surface area contributed by atoms with Crippen molar-refractivity contribution >= 4 is 27.8 Å². The SMILES string of the molecule is CCCCCn1c(CCCC)nc2c(N)nc3ccccc3c21. The van der Waals surface area contributed by atoms with E-state index in [9.17, 15) is 0 Å². The summed E-state index contributed by atoms with van der Waals surface area (Å²) in [5.74, 6) is 1.70. The Balaban J connectivity index is 2.19. The molecule has 0 saturated heterocycles. The number of pyridine rings is 1. The molecule has 2 heterocycles. The van der Waals surface area contributed by atoms with Gasteiger partial charge in [0, 0.05) is 18.4 Å². The minimum atomic E-state index is 0.547. The van der Waals surface area contributed by atoms with Gasteiger partial charge in [0.1, 0.15) is 11.3 Å². The van der Waals surface area contributed by atoms with Crippen molar-refractivity contribution in [1.82, 2.24) is 14.5 Å². The van der Waals surface area contributed by atoms with Crippen LogP contribution in [0.2, 0.25) is 0 Å². The second-order valence-corrected chi connectivity index (χ2v) is 6.20. The number of aromatic nitrogens is 3. The molecule has 0 spiro atoms. The summed E-state index contributed by atoms with van der Waals surface area (Å²) in [6.07, 6.45) is 6.98. The molecule has 2 aromatic heterocycles. The van der Waals surface area contributed by atoms with Crippen LogP contribution in [0.3, 0.4) is 0 Å². The third-order valence-electron chi connectivity index (χ3n) is 4.43. The van der Waals surface area contributed by atoms with Crippen LogP contribution < -0.4 is 5.73 Å². The van der Waals surface area contributed by atoms with Gasteiger partial charge in [-0.3, -0.25) is 0 Å². The largest absolute Gasteiger partial charge is 0.382 e. The zero-order valence-corrected chi connectivity index (χ0v) is 14.2. The van der Waals surface area contributed by atoms with Gasteiger partial charge in [0.15, 0.2) is 5.82 Å². The van der Waals surface area contributed by atoms with Crippen LogP contribution in [0, 0.1) is 0 Å². The summed E-state index contributed by atoms with van der Waals surface area (Å²) >= 11 is 0. The number of imidazole rings is 1. The van der Waals surface area contributed by atoms with Crippen LogP contribution in [0.15, 0.2) is 24.3 Å². The Kier molecular flexibility index (Phi) is 4.79. The van der Waals surface area contributed by atoms with Crippen molar-refractivity contribution < 1.29 is 0 Å². The van der Waals surface area contributed by atoms with E-state index < -0.39 is 0 Å². The van der Waals surface area contributed by atoms with E-state index in [1.165, 1.54) is 25.7 Å². The van der Waals surface area contributed by atoms with Crippen molar-refractivity contribution in [3.05, 3.63) is 30.1 Å². The lowest BCUT2D eigenvalue weighted by atomic mass is 10.1. The topological polar surface area (TPSA) is 56.7 Å². The lowest BCUT2D eigenvalue weighted by Gasteiger charge is -2.10. The van der Waals surface area contributed by atoms with Gasteiger partial charge in [0.25, 0.3) is 0 Å². The second kappa shape index (κ2) is 6.99. The maximum absolute atomic E-state index is 6.20. The molecule has 2 N–H and O–H groups in total. The first-order chi connectivity index (χ1) is 11.3. The van der Waals surface area contributed by atoms with E-state index in [4.69, 9.17) is 10.7 Å². The van der Waals surface area contributed by atoms with Gasteiger partial charge >= 0.3 is 0 Å². The van der Waals surface area contributed by atoms with Crippen LogP contribution in [0.4, 0.5) is 5.82 Å². The molecule has 0 aliphatic carbocycles. The van der Waals surface area contributed by atoms with Gasteiger partial charge in [-0.25, -0.2) is 9.97 Å². The molecule has 1 aromatic carbocycles. The average Bonchev–Trinajstić information content (AvgIpc) is 2.93. The molecule has 0 radical (unpaired) electrons. The minimum Gasteiger partial charge on any atom is -0.382 e. The quantitative estimate of drug-likeness (QED) is 0.643. The molecule has 0 bridgehead atoms. The summed E-state index contributed by atoms with van der Waals surface area (Å²) in [6.45, 7) is 5.47. The molecule has 4 nitrogen and oxygen atoms in total. The van der Waals surface area contributed by atoms with E-state index in [2.05, 4.69) is 35.5 Å². The minimum absolute atomic E-state index is 0.547. The fourth-order valence-corrected chi connectivity index (χ4v) is 3.19. The monoisotopic (exact) mass is 310 g/mol. The first-order valence-electron chi connectivity index (χ1n) is 8.79. The molecule has 4 heteroatoms. The number of nitrogen functional groups attached to an aromatic ring is 1. The lowest BCUT2D eigenvalue weighted by Crippen LogP contribution is -2.05. The lowest BCUT2D eigenvalue weighted by molar-refractivity contribution is 0.584. The molecule has 0 atom stereocenters. The normalized spacial score (nSPS) is 11.6. The summed E-state index contributed by atoms with van der Waals surface area (Å²) in [5, 5.41) is 1.16. The summed E-state index contributed by atoms with van der Waals surface area (Å²) in [5.41, 5.74) is 9.19. The highest BCUT2D eigenvalue weighted by Gasteiger charge is 2.16. The van der Waals surface area contributed by atoms with E-state index in [-0.39, 0.29) is 0 Å². The number of nitrogens with two attached hydrogens (primary N) is 1. The van der Waals surface area contributed by atoms with Gasteiger partial charge in [-0.05, 0) is 18.9 Å². The first kappa shape index (κ1) is 15.8. The van der Waals surface area contributed by atoms with Crippen LogP contribution in [0.25, 0.3) is 21.9 Å². The van der Waals surface area contributed by atoms with Crippen molar-refractivity contribution in [1.29, 1.82) is 0 Å². The highest BCUT2D eigenvalue weighted by Crippen LogP contribution is 2.29. The standard InChI is InChI=1S/C19H26N4/c1-3-5-9-13-23-16(12-6-4-2)22-17-18(23)14-10-7-8-11-15(14)21-19(17)20/h7-8,10-11H,3-6,9,12-13H2,1-2H3,(H2,20,21). The molecule has 0 amide bonds. The van der Waals surface area contributed by atoms with E-state index in [0.29, 0.717) is 5.82 Å². The highest BCUT2D eigenvalue weighted by atomic mass is 15.1. The van der Waals surface area contributed by atoms with Gasteiger partial charge in [-0.15, -0.1) is 0 Å². The Morgan fingerprint density at radius 3 is 2.57 bits per heavy atom. The van der Waals surface area contributed by atoms with E-state index in [1.807, 2.05) is 12.1 Å². The van der Waals surface area contributed by atoms with Gasteiger partial charge in [0.2, 0.25) is 0 Å². The molecular weight excluding hydrogens is 284 g/mol. The summed E-state index contributed by atoms with van der Waals surface area (Å²) in [4.78, 5) is 9.39. The number of rotatable bonds is 7. The Labute approximate surface area is 137 Å². The number of para-hydroxylation sites is 1. The Morgan fingerprint density at radius 1 is 1.00 bits per heavy atom. The molecule has 0 aliphatic rings. The van der Waals surface area contributed by atoms with E-state index >= 15 is 0 Å². The predicted octanol–water partition coefficient (Wildman–Crippen LogP) is 4.70. The van der Waals surface area contributed by atoms with Gasteiger partial charge in [-0.2, -0.15) is 0 Å². The summed E-state index contributed by atoms with van der Waals surface area (Å²) < 4.78 is 2.39. The summed E-state index contributed by atoms with van der Waals surface area (Å²) in [6, 6.07) is 8.23. The van der Waals surface area contributed by atoms with Gasteiger partial charge < -0.3 is 10.3 Å². The van der Waals surface area contributed by atoms with Crippen molar-refractivity contribution in [3.63, 3.8) is 0 Å². The second-order valence-electron chi connectivity index (χ2n) is 6.20. The summed E-state index contributed by atoms with van der Waals surface area (Å²) in [7, 11) is 0. The number of nitrogens with zero attached hydrogens (tertiary/aromatic N) is 3. The number of hydrogen-bond acceptors (Lipinski definition) is 3. The number of anilines is 1. The molecule has 122 valence electrons. The number of unbranched alkanes of at least 4 members (excludes halogenated alkanes) is 3. The van der Waals surface area contributed by atoms with Crippen molar-refractivity contribution in [2.24, 2.45) is 0 Å². The smallest absolute Gasteiger partial charge is 0.152 e. The van der Waals surface area contributed by atoms with Crippen LogP contribution in [-0.4, -0.2) is 14.5 Å². The molecule has 0 aliphatic heterocycles. The molecule has 0 saturated carbocycles. The molecule has 23 heavy (non-hydrogen) atoms. The fraction of sp³-hybridized carbons (Fsp3) is 0.474.